The summed E-state index contributed by atoms with van der Waals surface area (Å²) in [5.74, 6) is 0.878. The van der Waals surface area contributed by atoms with Crippen LogP contribution in [0.15, 0.2) is 36.9 Å². The molecule has 0 aliphatic carbocycles. The van der Waals surface area contributed by atoms with Crippen LogP contribution in [0.1, 0.15) is 13.3 Å². The van der Waals surface area contributed by atoms with Crippen LogP contribution in [0, 0.1) is 0 Å². The molecule has 2 nitrogen and oxygen atoms in total. The molecule has 0 bridgehead atoms. The zero-order chi connectivity index (χ0) is 10.4. The Labute approximate surface area is 85.6 Å². The van der Waals surface area contributed by atoms with E-state index in [1.165, 1.54) is 0 Å². The fraction of sp³-hybridized carbons (Fsp3) is 0.333. The molecule has 0 saturated heterocycles. The molecule has 0 saturated carbocycles. The summed E-state index contributed by atoms with van der Waals surface area (Å²) in [4.78, 5) is 0. The molecule has 14 heavy (non-hydrogen) atoms. The lowest BCUT2D eigenvalue weighted by Crippen LogP contribution is -2.14. The second-order valence-electron chi connectivity index (χ2n) is 3.27. The molecule has 0 radical (unpaired) electrons. The van der Waals surface area contributed by atoms with Gasteiger partial charge in [-0.3, -0.25) is 0 Å². The molecule has 1 rings (SSSR count). The van der Waals surface area contributed by atoms with Gasteiger partial charge < -0.3 is 10.1 Å². The topological polar surface area (TPSA) is 21.3 Å². The molecular formula is C12H17NO. The van der Waals surface area contributed by atoms with E-state index in [4.69, 9.17) is 4.74 Å². The molecule has 0 aliphatic rings. The Morgan fingerprint density at radius 2 is 2.21 bits per heavy atom. The van der Waals surface area contributed by atoms with Gasteiger partial charge in [0, 0.05) is 6.04 Å². The van der Waals surface area contributed by atoms with E-state index in [0.717, 1.165) is 17.9 Å². The molecule has 1 N–H and O–H groups in total. The molecule has 1 atom stereocenters. The predicted octanol–water partition coefficient (Wildman–Crippen LogP) is 3.07. The fourth-order valence-electron chi connectivity index (χ4n) is 1.34. The van der Waals surface area contributed by atoms with Crippen LogP contribution in [0.5, 0.6) is 5.75 Å². The van der Waals surface area contributed by atoms with Crippen molar-refractivity contribution < 1.29 is 4.74 Å². The van der Waals surface area contributed by atoms with Crippen LogP contribution in [0.3, 0.4) is 0 Å². The largest absolute Gasteiger partial charge is 0.495 e. The Kier molecular flexibility index (Phi) is 4.05. The minimum atomic E-state index is 0.379. The lowest BCUT2D eigenvalue weighted by Gasteiger charge is -2.15. The highest BCUT2D eigenvalue weighted by atomic mass is 16.5. The van der Waals surface area contributed by atoms with Gasteiger partial charge in [-0.15, -0.1) is 6.58 Å². The van der Waals surface area contributed by atoms with Gasteiger partial charge in [-0.05, 0) is 25.5 Å². The third kappa shape index (κ3) is 2.80. The van der Waals surface area contributed by atoms with Crippen molar-refractivity contribution in [3.63, 3.8) is 0 Å². The first kappa shape index (κ1) is 10.6. The van der Waals surface area contributed by atoms with Crippen LogP contribution >= 0.6 is 0 Å². The van der Waals surface area contributed by atoms with E-state index in [-0.39, 0.29) is 0 Å². The van der Waals surface area contributed by atoms with Crippen molar-refractivity contribution in [1.82, 2.24) is 0 Å². The Bertz CT molecular complexity index is 296. The summed E-state index contributed by atoms with van der Waals surface area (Å²) < 4.78 is 5.24. The van der Waals surface area contributed by atoms with Gasteiger partial charge in [-0.1, -0.05) is 18.2 Å². The maximum absolute atomic E-state index is 5.24. The van der Waals surface area contributed by atoms with Gasteiger partial charge in [0.2, 0.25) is 0 Å². The first-order valence-corrected chi connectivity index (χ1v) is 4.78. The van der Waals surface area contributed by atoms with Crippen LogP contribution in [0.25, 0.3) is 0 Å². The van der Waals surface area contributed by atoms with Crippen molar-refractivity contribution in [3.8, 4) is 5.75 Å². The number of nitrogens with one attached hydrogen (secondary N) is 1. The first-order chi connectivity index (χ1) is 6.77. The summed E-state index contributed by atoms with van der Waals surface area (Å²) in [6.45, 7) is 5.83. The average molecular weight is 191 g/mol. The number of benzene rings is 1. The smallest absolute Gasteiger partial charge is 0.141 e. The predicted molar refractivity (Wildman–Crippen MR) is 60.9 cm³/mol. The van der Waals surface area contributed by atoms with Crippen molar-refractivity contribution in [1.29, 1.82) is 0 Å². The fourth-order valence-corrected chi connectivity index (χ4v) is 1.34. The summed E-state index contributed by atoms with van der Waals surface area (Å²) >= 11 is 0. The van der Waals surface area contributed by atoms with E-state index in [1.807, 2.05) is 30.3 Å². The molecule has 0 aliphatic heterocycles. The van der Waals surface area contributed by atoms with Gasteiger partial charge in [-0.25, -0.2) is 0 Å². The summed E-state index contributed by atoms with van der Waals surface area (Å²) in [6.07, 6.45) is 2.85. The lowest BCUT2D eigenvalue weighted by atomic mass is 10.2. The van der Waals surface area contributed by atoms with Crippen LogP contribution in [0.2, 0.25) is 0 Å². The van der Waals surface area contributed by atoms with Gasteiger partial charge in [0.25, 0.3) is 0 Å². The maximum Gasteiger partial charge on any atom is 0.141 e. The molecule has 0 fully saturated rings. The van der Waals surface area contributed by atoms with Crippen LogP contribution in [-0.4, -0.2) is 13.2 Å². The van der Waals surface area contributed by atoms with Crippen LogP contribution in [0.4, 0.5) is 5.69 Å². The Morgan fingerprint density at radius 1 is 1.50 bits per heavy atom. The molecule has 0 spiro atoms. The van der Waals surface area contributed by atoms with Crippen LogP contribution in [-0.2, 0) is 0 Å². The quantitative estimate of drug-likeness (QED) is 0.722. The second kappa shape index (κ2) is 5.32. The number of para-hydroxylation sites is 2. The molecule has 2 heteroatoms. The van der Waals surface area contributed by atoms with Crippen molar-refractivity contribution in [2.24, 2.45) is 0 Å². The van der Waals surface area contributed by atoms with Crippen molar-refractivity contribution in [3.05, 3.63) is 36.9 Å². The third-order valence-electron chi connectivity index (χ3n) is 2.03. The third-order valence-corrected chi connectivity index (χ3v) is 2.03. The van der Waals surface area contributed by atoms with Crippen molar-refractivity contribution in [2.45, 2.75) is 19.4 Å². The molecule has 0 heterocycles. The van der Waals surface area contributed by atoms with E-state index in [2.05, 4.69) is 18.8 Å². The van der Waals surface area contributed by atoms with Crippen molar-refractivity contribution in [2.75, 3.05) is 12.4 Å². The molecule has 1 unspecified atom stereocenters. The van der Waals surface area contributed by atoms with E-state index in [1.54, 1.807) is 7.11 Å². The maximum atomic E-state index is 5.24. The standard InChI is InChI=1S/C12H17NO/c1-4-7-10(2)13-11-8-5-6-9-12(11)14-3/h4-6,8-10,13H,1,7H2,2-3H3. The zero-order valence-corrected chi connectivity index (χ0v) is 8.79. The molecule has 0 amide bonds. The molecule has 1 aromatic carbocycles. The zero-order valence-electron chi connectivity index (χ0n) is 8.79. The monoisotopic (exact) mass is 191 g/mol. The Hall–Kier alpha value is -1.44. The number of ether oxygens (including phenoxy) is 1. The van der Waals surface area contributed by atoms with Crippen LogP contribution < -0.4 is 10.1 Å². The molecule has 1 aromatic rings. The van der Waals surface area contributed by atoms with Gasteiger partial charge in [0.05, 0.1) is 12.8 Å². The average Bonchev–Trinajstić information content (AvgIpc) is 2.19. The van der Waals surface area contributed by atoms with E-state index >= 15 is 0 Å². The highest BCUT2D eigenvalue weighted by Gasteiger charge is 2.03. The minimum absolute atomic E-state index is 0.379. The van der Waals surface area contributed by atoms with Gasteiger partial charge >= 0.3 is 0 Å². The summed E-state index contributed by atoms with van der Waals surface area (Å²) in [5.41, 5.74) is 1.03. The number of hydrogen-bond acceptors (Lipinski definition) is 2. The Morgan fingerprint density at radius 3 is 2.86 bits per heavy atom. The Balaban J connectivity index is 2.69. The molecular weight excluding hydrogens is 174 g/mol. The number of methoxy groups -OCH3 is 1. The van der Waals surface area contributed by atoms with Gasteiger partial charge in [0.15, 0.2) is 0 Å². The number of anilines is 1. The number of rotatable bonds is 5. The highest BCUT2D eigenvalue weighted by Crippen LogP contribution is 2.24. The summed E-state index contributed by atoms with van der Waals surface area (Å²) in [7, 11) is 1.68. The first-order valence-electron chi connectivity index (χ1n) is 4.78. The lowest BCUT2D eigenvalue weighted by molar-refractivity contribution is 0.416. The van der Waals surface area contributed by atoms with Gasteiger partial charge in [0.1, 0.15) is 5.75 Å². The van der Waals surface area contributed by atoms with E-state index in [9.17, 15) is 0 Å². The highest BCUT2D eigenvalue weighted by molar-refractivity contribution is 5.56. The van der Waals surface area contributed by atoms with E-state index < -0.39 is 0 Å². The molecule has 0 aromatic heterocycles. The SMILES string of the molecule is C=CCC(C)Nc1ccccc1OC. The minimum Gasteiger partial charge on any atom is -0.495 e. The number of hydrogen-bond donors (Lipinski definition) is 1. The normalized spacial score (nSPS) is 11.9. The van der Waals surface area contributed by atoms with E-state index in [0.29, 0.717) is 6.04 Å². The second-order valence-corrected chi connectivity index (χ2v) is 3.27. The summed E-state index contributed by atoms with van der Waals surface area (Å²) in [6, 6.07) is 8.29. The summed E-state index contributed by atoms with van der Waals surface area (Å²) in [5, 5.41) is 3.37. The van der Waals surface area contributed by atoms with Crippen molar-refractivity contribution >= 4 is 5.69 Å². The van der Waals surface area contributed by atoms with Gasteiger partial charge in [-0.2, -0.15) is 0 Å². The molecule has 76 valence electrons.